The Balaban J connectivity index is 1.83. The van der Waals surface area contributed by atoms with Crippen molar-refractivity contribution >= 4 is 10.9 Å². The van der Waals surface area contributed by atoms with Gasteiger partial charge in [0.15, 0.2) is 0 Å². The third kappa shape index (κ3) is 3.07. The maximum Gasteiger partial charge on any atom is 0.129 e. The maximum atomic E-state index is 5.88. The van der Waals surface area contributed by atoms with Crippen molar-refractivity contribution in [2.24, 2.45) is 0 Å². The molecule has 0 saturated carbocycles. The molecule has 0 N–H and O–H groups in total. The predicted octanol–water partition coefficient (Wildman–Crippen LogP) is 4.07. The number of fused-ring (bicyclic) bond motifs is 1. The van der Waals surface area contributed by atoms with Crippen LogP contribution in [0.1, 0.15) is 19.5 Å². The second-order valence-corrected chi connectivity index (χ2v) is 5.44. The summed E-state index contributed by atoms with van der Waals surface area (Å²) in [4.78, 5) is 4.38. The standard InChI is InChI=1S/C18H20N2O/c1-14(2)21-18-8-5-7-17-16(18)10-13-20(17)12-9-15-6-3-4-11-19-15/h3-8,10-11,13-14H,9,12H2,1-2H3. The van der Waals surface area contributed by atoms with Gasteiger partial charge in [-0.05, 0) is 44.2 Å². The van der Waals surface area contributed by atoms with E-state index in [1.807, 2.05) is 24.4 Å². The van der Waals surface area contributed by atoms with Crippen molar-refractivity contribution in [2.45, 2.75) is 32.9 Å². The average molecular weight is 280 g/mol. The van der Waals surface area contributed by atoms with Gasteiger partial charge in [0.1, 0.15) is 5.75 Å². The van der Waals surface area contributed by atoms with Gasteiger partial charge in [-0.3, -0.25) is 4.98 Å². The highest BCUT2D eigenvalue weighted by Gasteiger charge is 2.08. The van der Waals surface area contributed by atoms with E-state index < -0.39 is 0 Å². The number of aryl methyl sites for hydroxylation is 2. The van der Waals surface area contributed by atoms with Crippen LogP contribution in [0.2, 0.25) is 0 Å². The van der Waals surface area contributed by atoms with Crippen LogP contribution >= 0.6 is 0 Å². The first-order chi connectivity index (χ1) is 10.2. The third-order valence-electron chi connectivity index (χ3n) is 3.47. The Labute approximate surface area is 125 Å². The Hall–Kier alpha value is -2.29. The molecule has 3 heteroatoms. The summed E-state index contributed by atoms with van der Waals surface area (Å²) < 4.78 is 8.14. The molecule has 1 aromatic carbocycles. The summed E-state index contributed by atoms with van der Waals surface area (Å²) in [7, 11) is 0. The van der Waals surface area contributed by atoms with Crippen molar-refractivity contribution in [1.82, 2.24) is 9.55 Å². The summed E-state index contributed by atoms with van der Waals surface area (Å²) in [5.74, 6) is 0.957. The highest BCUT2D eigenvalue weighted by molar-refractivity contribution is 5.86. The molecule has 0 atom stereocenters. The number of rotatable bonds is 5. The van der Waals surface area contributed by atoms with E-state index in [1.54, 1.807) is 0 Å². The van der Waals surface area contributed by atoms with Crippen LogP contribution in [0.5, 0.6) is 5.75 Å². The highest BCUT2D eigenvalue weighted by atomic mass is 16.5. The molecule has 0 spiro atoms. The van der Waals surface area contributed by atoms with E-state index in [1.165, 1.54) is 10.9 Å². The Kier molecular flexibility index (Phi) is 3.91. The second kappa shape index (κ2) is 6.00. The van der Waals surface area contributed by atoms with Gasteiger partial charge in [0.05, 0.1) is 11.6 Å². The van der Waals surface area contributed by atoms with Crippen LogP contribution in [0.3, 0.4) is 0 Å². The highest BCUT2D eigenvalue weighted by Crippen LogP contribution is 2.27. The summed E-state index contributed by atoms with van der Waals surface area (Å²) in [6.45, 7) is 5.03. The first-order valence-electron chi connectivity index (χ1n) is 7.38. The topological polar surface area (TPSA) is 27.1 Å². The zero-order chi connectivity index (χ0) is 14.7. The van der Waals surface area contributed by atoms with Gasteiger partial charge in [0.2, 0.25) is 0 Å². The van der Waals surface area contributed by atoms with Gasteiger partial charge in [-0.2, -0.15) is 0 Å². The number of benzene rings is 1. The molecule has 2 aromatic heterocycles. The number of nitrogens with zero attached hydrogens (tertiary/aromatic N) is 2. The lowest BCUT2D eigenvalue weighted by atomic mass is 10.2. The molecule has 0 aliphatic carbocycles. The van der Waals surface area contributed by atoms with Crippen LogP contribution in [0.15, 0.2) is 54.9 Å². The average Bonchev–Trinajstić information content (AvgIpc) is 2.90. The first kappa shape index (κ1) is 13.7. The molecule has 21 heavy (non-hydrogen) atoms. The quantitative estimate of drug-likeness (QED) is 0.704. The predicted molar refractivity (Wildman–Crippen MR) is 85.6 cm³/mol. The lowest BCUT2D eigenvalue weighted by molar-refractivity contribution is 0.245. The fourth-order valence-corrected chi connectivity index (χ4v) is 2.53. The first-order valence-corrected chi connectivity index (χ1v) is 7.38. The summed E-state index contributed by atoms with van der Waals surface area (Å²) in [5.41, 5.74) is 2.33. The summed E-state index contributed by atoms with van der Waals surface area (Å²) in [6.07, 6.45) is 5.09. The Morgan fingerprint density at radius 2 is 2.00 bits per heavy atom. The summed E-state index contributed by atoms with van der Waals surface area (Å²) in [5, 5.41) is 1.17. The molecule has 0 amide bonds. The van der Waals surface area contributed by atoms with Gasteiger partial charge >= 0.3 is 0 Å². The van der Waals surface area contributed by atoms with E-state index in [-0.39, 0.29) is 6.10 Å². The zero-order valence-electron chi connectivity index (χ0n) is 12.5. The van der Waals surface area contributed by atoms with E-state index in [0.717, 1.165) is 24.4 Å². The molecule has 3 rings (SSSR count). The molecule has 0 unspecified atom stereocenters. The fraction of sp³-hybridized carbons (Fsp3) is 0.278. The number of hydrogen-bond donors (Lipinski definition) is 0. The minimum absolute atomic E-state index is 0.187. The van der Waals surface area contributed by atoms with E-state index in [0.29, 0.717) is 0 Å². The molecular formula is C18H20N2O. The van der Waals surface area contributed by atoms with Crippen LogP contribution in [0.25, 0.3) is 10.9 Å². The normalized spacial score (nSPS) is 11.2. The van der Waals surface area contributed by atoms with E-state index >= 15 is 0 Å². The number of hydrogen-bond acceptors (Lipinski definition) is 2. The minimum Gasteiger partial charge on any atom is -0.490 e. The summed E-state index contributed by atoms with van der Waals surface area (Å²) in [6, 6.07) is 14.4. The Morgan fingerprint density at radius 1 is 1.10 bits per heavy atom. The molecule has 0 fully saturated rings. The maximum absolute atomic E-state index is 5.88. The van der Waals surface area contributed by atoms with Crippen LogP contribution < -0.4 is 4.74 Å². The van der Waals surface area contributed by atoms with Gasteiger partial charge in [-0.15, -0.1) is 0 Å². The van der Waals surface area contributed by atoms with E-state index in [9.17, 15) is 0 Å². The monoisotopic (exact) mass is 280 g/mol. The molecule has 0 aliphatic heterocycles. The van der Waals surface area contributed by atoms with Crippen molar-refractivity contribution in [3.63, 3.8) is 0 Å². The van der Waals surface area contributed by atoms with Crippen LogP contribution in [0.4, 0.5) is 0 Å². The van der Waals surface area contributed by atoms with Gasteiger partial charge < -0.3 is 9.30 Å². The van der Waals surface area contributed by atoms with Crippen LogP contribution in [0, 0.1) is 0 Å². The van der Waals surface area contributed by atoms with Gasteiger partial charge in [-0.25, -0.2) is 0 Å². The second-order valence-electron chi connectivity index (χ2n) is 5.44. The van der Waals surface area contributed by atoms with Crippen molar-refractivity contribution in [1.29, 1.82) is 0 Å². The Morgan fingerprint density at radius 3 is 2.76 bits per heavy atom. The third-order valence-corrected chi connectivity index (χ3v) is 3.47. The minimum atomic E-state index is 0.187. The van der Waals surface area contributed by atoms with E-state index in [2.05, 4.69) is 53.9 Å². The molecule has 0 aliphatic rings. The molecule has 108 valence electrons. The van der Waals surface area contributed by atoms with Gasteiger partial charge in [-0.1, -0.05) is 12.1 Å². The van der Waals surface area contributed by atoms with Crippen molar-refractivity contribution < 1.29 is 4.74 Å². The number of pyridine rings is 1. The van der Waals surface area contributed by atoms with E-state index in [4.69, 9.17) is 4.74 Å². The molecule has 0 bridgehead atoms. The molecule has 0 radical (unpaired) electrons. The van der Waals surface area contributed by atoms with Crippen LogP contribution in [-0.2, 0) is 13.0 Å². The van der Waals surface area contributed by atoms with Gasteiger partial charge in [0.25, 0.3) is 0 Å². The number of aromatic nitrogens is 2. The SMILES string of the molecule is CC(C)Oc1cccc2c1ccn2CCc1ccccn1. The lowest BCUT2D eigenvalue weighted by Gasteiger charge is -2.11. The smallest absolute Gasteiger partial charge is 0.129 e. The van der Waals surface area contributed by atoms with Crippen molar-refractivity contribution in [3.8, 4) is 5.75 Å². The zero-order valence-corrected chi connectivity index (χ0v) is 12.5. The lowest BCUT2D eigenvalue weighted by Crippen LogP contribution is -2.06. The van der Waals surface area contributed by atoms with Gasteiger partial charge in [0, 0.05) is 36.4 Å². The molecular weight excluding hydrogens is 260 g/mol. The van der Waals surface area contributed by atoms with Crippen LogP contribution in [-0.4, -0.2) is 15.7 Å². The molecule has 0 saturated heterocycles. The fourth-order valence-electron chi connectivity index (χ4n) is 2.53. The molecule has 3 aromatic rings. The molecule has 3 nitrogen and oxygen atoms in total. The van der Waals surface area contributed by atoms with Crippen molar-refractivity contribution in [3.05, 3.63) is 60.6 Å². The molecule has 2 heterocycles. The Bertz CT molecular complexity index is 716. The largest absolute Gasteiger partial charge is 0.490 e. The summed E-state index contributed by atoms with van der Waals surface area (Å²) >= 11 is 0. The number of ether oxygens (including phenoxy) is 1. The van der Waals surface area contributed by atoms with Crippen molar-refractivity contribution in [2.75, 3.05) is 0 Å².